The molecule has 2 rings (SSSR count). The largest absolute Gasteiger partial charge is 0.465 e. The zero-order valence-corrected chi connectivity index (χ0v) is 11.7. The van der Waals surface area contributed by atoms with Crippen LogP contribution in [0, 0.1) is 0 Å². The number of carbonyl (C=O) groups excluding carboxylic acids is 1. The Labute approximate surface area is 113 Å². The molecule has 1 atom stereocenters. The van der Waals surface area contributed by atoms with Crippen LogP contribution in [-0.2, 0) is 4.74 Å². The van der Waals surface area contributed by atoms with Gasteiger partial charge in [-0.1, -0.05) is 0 Å². The van der Waals surface area contributed by atoms with Gasteiger partial charge in [0, 0.05) is 19.1 Å². The molecule has 104 valence electrons. The van der Waals surface area contributed by atoms with Gasteiger partial charge in [0.05, 0.1) is 24.0 Å². The van der Waals surface area contributed by atoms with E-state index in [1.807, 2.05) is 6.07 Å². The Morgan fingerprint density at radius 3 is 2.74 bits per heavy atom. The van der Waals surface area contributed by atoms with E-state index < -0.39 is 0 Å². The molecule has 1 aliphatic heterocycles. The second-order valence-corrected chi connectivity index (χ2v) is 5.12. The standard InChI is InChI=1S/C14H21N3O2/c1-16(2)11-6-7-17(9-11)13-5-4-10(8-12(13)15)14(18)19-3/h4-5,8,11H,6-7,9,15H2,1-3H3. The van der Waals surface area contributed by atoms with Gasteiger partial charge in [-0.3, -0.25) is 0 Å². The minimum Gasteiger partial charge on any atom is -0.465 e. The van der Waals surface area contributed by atoms with Crippen molar-refractivity contribution >= 4 is 17.3 Å². The van der Waals surface area contributed by atoms with Gasteiger partial charge >= 0.3 is 5.97 Å². The molecule has 1 fully saturated rings. The van der Waals surface area contributed by atoms with Gasteiger partial charge in [-0.15, -0.1) is 0 Å². The Morgan fingerprint density at radius 1 is 1.47 bits per heavy atom. The van der Waals surface area contributed by atoms with E-state index in [1.165, 1.54) is 7.11 Å². The summed E-state index contributed by atoms with van der Waals surface area (Å²) in [6.07, 6.45) is 1.13. The van der Waals surface area contributed by atoms with Gasteiger partial charge in [0.25, 0.3) is 0 Å². The predicted molar refractivity (Wildman–Crippen MR) is 76.5 cm³/mol. The van der Waals surface area contributed by atoms with E-state index >= 15 is 0 Å². The first-order valence-electron chi connectivity index (χ1n) is 6.42. The Kier molecular flexibility index (Phi) is 3.95. The summed E-state index contributed by atoms with van der Waals surface area (Å²) in [5.41, 5.74) is 8.17. The third-order valence-corrected chi connectivity index (χ3v) is 3.68. The summed E-state index contributed by atoms with van der Waals surface area (Å²) in [4.78, 5) is 15.9. The normalized spacial score (nSPS) is 18.9. The number of carbonyl (C=O) groups is 1. The third kappa shape index (κ3) is 2.81. The van der Waals surface area contributed by atoms with Crippen molar-refractivity contribution in [1.29, 1.82) is 0 Å². The number of hydrogen-bond donors (Lipinski definition) is 1. The maximum atomic E-state index is 11.4. The zero-order chi connectivity index (χ0) is 14.0. The van der Waals surface area contributed by atoms with Crippen molar-refractivity contribution in [1.82, 2.24) is 4.90 Å². The minimum atomic E-state index is -0.356. The van der Waals surface area contributed by atoms with Crippen molar-refractivity contribution in [2.75, 3.05) is 44.9 Å². The van der Waals surface area contributed by atoms with Crippen molar-refractivity contribution in [3.05, 3.63) is 23.8 Å². The van der Waals surface area contributed by atoms with Gasteiger partial charge in [-0.05, 0) is 38.7 Å². The Bertz CT molecular complexity index is 474. The fourth-order valence-electron chi connectivity index (χ4n) is 2.47. The van der Waals surface area contributed by atoms with Crippen LogP contribution in [0.4, 0.5) is 11.4 Å². The molecular weight excluding hydrogens is 242 g/mol. The Morgan fingerprint density at radius 2 is 2.21 bits per heavy atom. The van der Waals surface area contributed by atoms with Crippen LogP contribution in [0.3, 0.4) is 0 Å². The van der Waals surface area contributed by atoms with Crippen molar-refractivity contribution in [3.63, 3.8) is 0 Å². The van der Waals surface area contributed by atoms with Crippen molar-refractivity contribution in [3.8, 4) is 0 Å². The van der Waals surface area contributed by atoms with Crippen LogP contribution in [0.5, 0.6) is 0 Å². The summed E-state index contributed by atoms with van der Waals surface area (Å²) in [5.74, 6) is -0.356. The lowest BCUT2D eigenvalue weighted by molar-refractivity contribution is 0.0601. The smallest absolute Gasteiger partial charge is 0.337 e. The van der Waals surface area contributed by atoms with Crippen LogP contribution >= 0.6 is 0 Å². The van der Waals surface area contributed by atoms with Gasteiger partial charge in [0.1, 0.15) is 0 Å². The quantitative estimate of drug-likeness (QED) is 0.656. The molecule has 1 aliphatic rings. The van der Waals surface area contributed by atoms with E-state index in [-0.39, 0.29) is 5.97 Å². The van der Waals surface area contributed by atoms with Crippen LogP contribution in [0.15, 0.2) is 18.2 Å². The molecule has 5 heteroatoms. The molecular formula is C14H21N3O2. The molecule has 0 bridgehead atoms. The SMILES string of the molecule is COC(=O)c1ccc(N2CCC(N(C)C)C2)c(N)c1. The molecule has 1 aromatic rings. The summed E-state index contributed by atoms with van der Waals surface area (Å²) >= 11 is 0. The average molecular weight is 263 g/mol. The molecule has 0 aromatic heterocycles. The summed E-state index contributed by atoms with van der Waals surface area (Å²) in [6, 6.07) is 5.91. The Hall–Kier alpha value is -1.75. The molecule has 19 heavy (non-hydrogen) atoms. The highest BCUT2D eigenvalue weighted by Gasteiger charge is 2.25. The number of esters is 1. The molecule has 1 unspecified atom stereocenters. The number of nitrogens with two attached hydrogens (primary N) is 1. The van der Waals surface area contributed by atoms with Crippen LogP contribution in [-0.4, -0.2) is 51.2 Å². The monoisotopic (exact) mass is 263 g/mol. The third-order valence-electron chi connectivity index (χ3n) is 3.68. The lowest BCUT2D eigenvalue weighted by atomic mass is 10.1. The van der Waals surface area contributed by atoms with Crippen LogP contribution in [0.1, 0.15) is 16.8 Å². The number of nitrogen functional groups attached to an aromatic ring is 1. The van der Waals surface area contributed by atoms with Crippen molar-refractivity contribution < 1.29 is 9.53 Å². The molecule has 5 nitrogen and oxygen atoms in total. The highest BCUT2D eigenvalue weighted by molar-refractivity contribution is 5.92. The lowest BCUT2D eigenvalue weighted by Crippen LogP contribution is -2.31. The molecule has 0 aliphatic carbocycles. The van der Waals surface area contributed by atoms with Gasteiger partial charge in [-0.2, -0.15) is 0 Å². The molecule has 1 heterocycles. The first-order valence-corrected chi connectivity index (χ1v) is 6.42. The molecule has 1 aromatic carbocycles. The number of hydrogen-bond acceptors (Lipinski definition) is 5. The van der Waals surface area contributed by atoms with Crippen LogP contribution in [0.25, 0.3) is 0 Å². The first-order chi connectivity index (χ1) is 9.02. The van der Waals surface area contributed by atoms with Crippen molar-refractivity contribution in [2.24, 2.45) is 0 Å². The van der Waals surface area contributed by atoms with Gasteiger partial charge in [-0.25, -0.2) is 4.79 Å². The number of ether oxygens (including phenoxy) is 1. The number of methoxy groups -OCH3 is 1. The molecule has 0 amide bonds. The van der Waals surface area contributed by atoms with Crippen molar-refractivity contribution in [2.45, 2.75) is 12.5 Å². The molecule has 0 spiro atoms. The number of likely N-dealkylation sites (N-methyl/N-ethyl adjacent to an activating group) is 1. The maximum absolute atomic E-state index is 11.4. The maximum Gasteiger partial charge on any atom is 0.337 e. The van der Waals surface area contributed by atoms with Crippen LogP contribution < -0.4 is 10.6 Å². The minimum absolute atomic E-state index is 0.356. The van der Waals surface area contributed by atoms with Gasteiger partial charge in [0.15, 0.2) is 0 Å². The predicted octanol–water partition coefficient (Wildman–Crippen LogP) is 1.20. The zero-order valence-electron chi connectivity index (χ0n) is 11.7. The number of rotatable bonds is 3. The number of anilines is 2. The average Bonchev–Trinajstić information content (AvgIpc) is 2.87. The highest BCUT2D eigenvalue weighted by Crippen LogP contribution is 2.28. The fraction of sp³-hybridized carbons (Fsp3) is 0.500. The molecule has 2 N–H and O–H groups in total. The highest BCUT2D eigenvalue weighted by atomic mass is 16.5. The van der Waals surface area contributed by atoms with E-state index in [2.05, 4.69) is 23.9 Å². The first kappa shape index (κ1) is 13.7. The summed E-state index contributed by atoms with van der Waals surface area (Å²) in [5, 5.41) is 0. The summed E-state index contributed by atoms with van der Waals surface area (Å²) < 4.78 is 4.69. The van der Waals surface area contributed by atoms with E-state index in [0.29, 0.717) is 17.3 Å². The summed E-state index contributed by atoms with van der Waals surface area (Å²) in [6.45, 7) is 1.96. The second-order valence-electron chi connectivity index (χ2n) is 5.12. The van der Waals surface area contributed by atoms with E-state index in [0.717, 1.165) is 25.2 Å². The lowest BCUT2D eigenvalue weighted by Gasteiger charge is -2.23. The number of nitrogens with zero attached hydrogens (tertiary/aromatic N) is 2. The van der Waals surface area contributed by atoms with Crippen LogP contribution in [0.2, 0.25) is 0 Å². The number of benzene rings is 1. The Balaban J connectivity index is 2.16. The molecule has 0 radical (unpaired) electrons. The molecule has 0 saturated carbocycles. The van der Waals surface area contributed by atoms with E-state index in [4.69, 9.17) is 10.5 Å². The van der Waals surface area contributed by atoms with Gasteiger partial charge in [0.2, 0.25) is 0 Å². The molecule has 1 saturated heterocycles. The summed E-state index contributed by atoms with van der Waals surface area (Å²) in [7, 11) is 5.56. The fourth-order valence-corrected chi connectivity index (χ4v) is 2.47. The van der Waals surface area contributed by atoms with Gasteiger partial charge < -0.3 is 20.3 Å². The second kappa shape index (κ2) is 5.48. The van der Waals surface area contributed by atoms with E-state index in [9.17, 15) is 4.79 Å². The topological polar surface area (TPSA) is 58.8 Å². The van der Waals surface area contributed by atoms with E-state index in [1.54, 1.807) is 12.1 Å².